The van der Waals surface area contributed by atoms with Crippen LogP contribution in [0.15, 0.2) is 66.7 Å². The van der Waals surface area contributed by atoms with E-state index in [1.807, 2.05) is 72.2 Å². The van der Waals surface area contributed by atoms with Gasteiger partial charge >= 0.3 is 11.9 Å². The van der Waals surface area contributed by atoms with Crippen molar-refractivity contribution >= 4 is 23.0 Å². The highest BCUT2D eigenvalue weighted by atomic mass is 16.5. The number of hydrogen-bond acceptors (Lipinski definition) is 5. The Bertz CT molecular complexity index is 1330. The lowest BCUT2D eigenvalue weighted by Crippen LogP contribution is -2.04. The molecule has 0 amide bonds. The van der Waals surface area contributed by atoms with Gasteiger partial charge in [0.05, 0.1) is 12.1 Å². The molecule has 180 valence electrons. The van der Waals surface area contributed by atoms with Crippen LogP contribution in [0.5, 0.6) is 11.5 Å². The molecule has 0 aliphatic carbocycles. The van der Waals surface area contributed by atoms with Crippen molar-refractivity contribution in [2.45, 2.75) is 39.5 Å². The third kappa shape index (κ3) is 5.87. The molecule has 4 rings (SSSR count). The van der Waals surface area contributed by atoms with Gasteiger partial charge in [0, 0.05) is 36.7 Å². The van der Waals surface area contributed by atoms with Crippen LogP contribution in [0, 0.1) is 6.92 Å². The summed E-state index contributed by atoms with van der Waals surface area (Å²) in [4.78, 5) is 27.5. The summed E-state index contributed by atoms with van der Waals surface area (Å²) in [5, 5.41) is 8.79. The number of ether oxygens (including phenoxy) is 2. The first-order chi connectivity index (χ1) is 16.9. The van der Waals surface area contributed by atoms with E-state index in [-0.39, 0.29) is 6.42 Å². The maximum atomic E-state index is 11.9. The standard InChI is InChI=1S/C28H28N2O5/c1-19-12-14-22(15-13-19)30-24-17-23(34-16-8-4-7-11-26(32)33)18-25(35-20(2)31)27(24)29-28(30)21-9-5-3-6-10-21/h3,5-6,9-10,12-15,17-18H,4,7-8,11,16H2,1-2H3,(H,32,33). The number of nitrogens with zero attached hydrogens (tertiary/aromatic N) is 2. The maximum absolute atomic E-state index is 11.9. The average molecular weight is 473 g/mol. The third-order valence-electron chi connectivity index (χ3n) is 5.58. The van der Waals surface area contributed by atoms with E-state index in [4.69, 9.17) is 19.6 Å². The van der Waals surface area contributed by atoms with Crippen LogP contribution in [0.25, 0.3) is 28.1 Å². The largest absolute Gasteiger partial charge is 0.493 e. The molecule has 1 heterocycles. The van der Waals surface area contributed by atoms with E-state index in [1.54, 1.807) is 6.07 Å². The highest BCUT2D eigenvalue weighted by Crippen LogP contribution is 2.36. The summed E-state index contributed by atoms with van der Waals surface area (Å²) in [6, 6.07) is 21.6. The monoisotopic (exact) mass is 472 g/mol. The topological polar surface area (TPSA) is 90.7 Å². The molecule has 4 aromatic rings. The van der Waals surface area contributed by atoms with Gasteiger partial charge in [0.15, 0.2) is 5.75 Å². The molecule has 0 spiro atoms. The summed E-state index contributed by atoms with van der Waals surface area (Å²) >= 11 is 0. The second-order valence-electron chi connectivity index (χ2n) is 8.41. The quantitative estimate of drug-likeness (QED) is 0.174. The lowest BCUT2D eigenvalue weighted by atomic mass is 10.2. The SMILES string of the molecule is CC(=O)Oc1cc(OCCCCCC(=O)O)cc2c1nc(-c1ccccc1)n2-c1ccc(C)cc1. The molecule has 0 saturated heterocycles. The van der Waals surface area contributed by atoms with Crippen LogP contribution in [0.1, 0.15) is 38.2 Å². The second-order valence-corrected chi connectivity index (χ2v) is 8.41. The van der Waals surface area contributed by atoms with Gasteiger partial charge in [0.1, 0.15) is 17.1 Å². The lowest BCUT2D eigenvalue weighted by Gasteiger charge is -2.12. The minimum Gasteiger partial charge on any atom is -0.493 e. The molecule has 7 nitrogen and oxygen atoms in total. The van der Waals surface area contributed by atoms with Crippen LogP contribution >= 0.6 is 0 Å². The fraction of sp³-hybridized carbons (Fsp3) is 0.250. The molecular weight excluding hydrogens is 444 g/mol. The number of rotatable bonds is 10. The van der Waals surface area contributed by atoms with Crippen LogP contribution < -0.4 is 9.47 Å². The van der Waals surface area contributed by atoms with Gasteiger partial charge in [-0.05, 0) is 38.3 Å². The Morgan fingerprint density at radius 2 is 1.71 bits per heavy atom. The highest BCUT2D eigenvalue weighted by Gasteiger charge is 2.20. The van der Waals surface area contributed by atoms with Crippen molar-refractivity contribution in [2.24, 2.45) is 0 Å². The Morgan fingerprint density at radius 1 is 0.971 bits per heavy atom. The Labute approximate surface area is 203 Å². The van der Waals surface area contributed by atoms with Crippen molar-refractivity contribution in [3.05, 3.63) is 72.3 Å². The summed E-state index contributed by atoms with van der Waals surface area (Å²) in [7, 11) is 0. The highest BCUT2D eigenvalue weighted by molar-refractivity contribution is 5.91. The van der Waals surface area contributed by atoms with Gasteiger partial charge < -0.3 is 14.6 Å². The molecule has 7 heteroatoms. The van der Waals surface area contributed by atoms with E-state index in [0.29, 0.717) is 30.0 Å². The first-order valence-electron chi connectivity index (χ1n) is 11.6. The molecule has 0 aliphatic rings. The summed E-state index contributed by atoms with van der Waals surface area (Å²) in [6.07, 6.45) is 2.24. The van der Waals surface area contributed by atoms with Gasteiger partial charge in [-0.3, -0.25) is 14.2 Å². The van der Waals surface area contributed by atoms with Crippen molar-refractivity contribution in [3.63, 3.8) is 0 Å². The van der Waals surface area contributed by atoms with Crippen molar-refractivity contribution < 1.29 is 24.2 Å². The zero-order valence-corrected chi connectivity index (χ0v) is 19.9. The van der Waals surface area contributed by atoms with Crippen LogP contribution in [-0.4, -0.2) is 33.2 Å². The van der Waals surface area contributed by atoms with E-state index in [9.17, 15) is 9.59 Å². The van der Waals surface area contributed by atoms with Gasteiger partial charge in [-0.25, -0.2) is 4.98 Å². The number of unbranched alkanes of at least 4 members (excludes halogenated alkanes) is 2. The summed E-state index contributed by atoms with van der Waals surface area (Å²) < 4.78 is 13.6. The predicted octanol–water partition coefficient (Wildman–Crippen LogP) is 5.95. The normalized spacial score (nSPS) is 10.9. The summed E-state index contributed by atoms with van der Waals surface area (Å²) in [5.74, 6) is 0.381. The Hall–Kier alpha value is -4.13. The molecule has 0 fully saturated rings. The third-order valence-corrected chi connectivity index (χ3v) is 5.58. The Kier molecular flexibility index (Phi) is 7.45. The number of aromatic nitrogens is 2. The van der Waals surface area contributed by atoms with Gasteiger partial charge in [-0.2, -0.15) is 0 Å². The summed E-state index contributed by atoms with van der Waals surface area (Å²) in [5.41, 5.74) is 4.32. The maximum Gasteiger partial charge on any atom is 0.308 e. The van der Waals surface area contributed by atoms with Gasteiger partial charge in [-0.1, -0.05) is 48.0 Å². The van der Waals surface area contributed by atoms with Crippen LogP contribution in [-0.2, 0) is 9.59 Å². The molecule has 0 aliphatic heterocycles. The second kappa shape index (κ2) is 10.9. The molecule has 0 saturated carbocycles. The van der Waals surface area contributed by atoms with E-state index < -0.39 is 11.9 Å². The Morgan fingerprint density at radius 3 is 2.40 bits per heavy atom. The molecule has 0 unspecified atom stereocenters. The van der Waals surface area contributed by atoms with Crippen molar-refractivity contribution in [1.82, 2.24) is 9.55 Å². The molecule has 0 bridgehead atoms. The smallest absolute Gasteiger partial charge is 0.308 e. The lowest BCUT2D eigenvalue weighted by molar-refractivity contribution is -0.137. The molecule has 0 radical (unpaired) electrons. The van der Waals surface area contributed by atoms with Gasteiger partial charge in [0.2, 0.25) is 0 Å². The number of fused-ring (bicyclic) bond motifs is 1. The predicted molar refractivity (Wildman–Crippen MR) is 134 cm³/mol. The fourth-order valence-electron chi connectivity index (χ4n) is 3.92. The van der Waals surface area contributed by atoms with E-state index >= 15 is 0 Å². The first-order valence-corrected chi connectivity index (χ1v) is 11.6. The van der Waals surface area contributed by atoms with E-state index in [1.165, 1.54) is 6.92 Å². The number of benzene rings is 3. The van der Waals surface area contributed by atoms with Crippen LogP contribution in [0.3, 0.4) is 0 Å². The number of imidazole rings is 1. The van der Waals surface area contributed by atoms with Crippen molar-refractivity contribution in [2.75, 3.05) is 6.61 Å². The molecule has 1 N–H and O–H groups in total. The molecule has 1 aromatic heterocycles. The number of carbonyl (C=O) groups is 2. The fourth-order valence-corrected chi connectivity index (χ4v) is 3.92. The molecular formula is C28H28N2O5. The number of aliphatic carboxylic acids is 1. The molecule has 3 aromatic carbocycles. The Balaban J connectivity index is 1.77. The van der Waals surface area contributed by atoms with Crippen molar-refractivity contribution in [1.29, 1.82) is 0 Å². The van der Waals surface area contributed by atoms with Gasteiger partial charge in [-0.15, -0.1) is 0 Å². The number of carbonyl (C=O) groups excluding carboxylic acids is 1. The van der Waals surface area contributed by atoms with Crippen LogP contribution in [0.2, 0.25) is 0 Å². The average Bonchev–Trinajstić information content (AvgIpc) is 3.22. The number of aryl methyl sites for hydroxylation is 1. The number of hydrogen-bond donors (Lipinski definition) is 1. The van der Waals surface area contributed by atoms with Gasteiger partial charge in [0.25, 0.3) is 0 Å². The van der Waals surface area contributed by atoms with E-state index in [0.717, 1.165) is 41.0 Å². The number of carboxylic acid groups (broad SMARTS) is 1. The minimum atomic E-state index is -0.791. The molecule has 35 heavy (non-hydrogen) atoms. The molecule has 0 atom stereocenters. The van der Waals surface area contributed by atoms with Crippen LogP contribution in [0.4, 0.5) is 0 Å². The van der Waals surface area contributed by atoms with Crippen molar-refractivity contribution in [3.8, 4) is 28.6 Å². The first kappa shape index (κ1) is 24.0. The number of esters is 1. The zero-order chi connectivity index (χ0) is 24.8. The zero-order valence-electron chi connectivity index (χ0n) is 19.9. The minimum absolute atomic E-state index is 0.153. The number of carboxylic acids is 1. The summed E-state index contributed by atoms with van der Waals surface area (Å²) in [6.45, 7) is 3.82. The van der Waals surface area contributed by atoms with E-state index in [2.05, 4.69) is 0 Å².